The molecule has 118 valence electrons. The Bertz CT molecular complexity index is 472. The molecule has 1 aromatic carbocycles. The summed E-state index contributed by atoms with van der Waals surface area (Å²) in [5.41, 5.74) is 2.39. The first kappa shape index (κ1) is 16.1. The lowest BCUT2D eigenvalue weighted by Crippen LogP contribution is -2.36. The van der Waals surface area contributed by atoms with Crippen LogP contribution in [-0.2, 0) is 6.54 Å². The van der Waals surface area contributed by atoms with Gasteiger partial charge in [0, 0.05) is 24.8 Å². The summed E-state index contributed by atoms with van der Waals surface area (Å²) in [6.07, 6.45) is -1.88. The Hall–Kier alpha value is -1.27. The normalized spacial score (nSPS) is 15.3. The largest absolute Gasteiger partial charge is 0.405 e. The van der Waals surface area contributed by atoms with Crippen molar-refractivity contribution in [2.45, 2.75) is 38.5 Å². The number of aliphatic hydroxyl groups is 1. The molecular weight excluding hydrogens is 281 g/mol. The van der Waals surface area contributed by atoms with Crippen molar-refractivity contribution in [1.29, 1.82) is 0 Å². The predicted octanol–water partition coefficient (Wildman–Crippen LogP) is 2.61. The topological polar surface area (TPSA) is 35.5 Å². The third-order valence-electron chi connectivity index (χ3n) is 3.51. The highest BCUT2D eigenvalue weighted by Gasteiger charge is 2.31. The van der Waals surface area contributed by atoms with Crippen molar-refractivity contribution in [1.82, 2.24) is 5.32 Å². The zero-order valence-corrected chi connectivity index (χ0v) is 12.1. The molecule has 1 fully saturated rings. The minimum atomic E-state index is -4.28. The van der Waals surface area contributed by atoms with E-state index in [1.807, 2.05) is 12.1 Å². The molecule has 0 heterocycles. The molecule has 0 atom stereocenters. The molecule has 0 bridgehead atoms. The highest BCUT2D eigenvalue weighted by atomic mass is 19.4. The van der Waals surface area contributed by atoms with Crippen molar-refractivity contribution in [2.75, 3.05) is 24.6 Å². The average Bonchev–Trinajstić information content (AvgIpc) is 3.18. The fourth-order valence-corrected chi connectivity index (χ4v) is 2.35. The molecule has 0 amide bonds. The summed E-state index contributed by atoms with van der Waals surface area (Å²) < 4.78 is 37.8. The fourth-order valence-electron chi connectivity index (χ4n) is 2.35. The standard InChI is InChI=1S/C15H21F3N2O/c1-11-8-12(9-19-13-3-4-13)2-5-14(11)20(6-7-21)10-15(16,17)18/h2,5,8,13,19,21H,3-4,6-7,9-10H2,1H3. The van der Waals surface area contributed by atoms with Gasteiger partial charge in [0.15, 0.2) is 0 Å². The number of nitrogens with zero attached hydrogens (tertiary/aromatic N) is 1. The van der Waals surface area contributed by atoms with Crippen LogP contribution in [0.1, 0.15) is 24.0 Å². The van der Waals surface area contributed by atoms with Crippen molar-refractivity contribution >= 4 is 5.69 Å². The third-order valence-corrected chi connectivity index (χ3v) is 3.51. The second-order valence-electron chi connectivity index (χ2n) is 5.54. The number of benzene rings is 1. The Morgan fingerprint density at radius 3 is 2.57 bits per heavy atom. The molecule has 2 N–H and O–H groups in total. The quantitative estimate of drug-likeness (QED) is 0.813. The highest BCUT2D eigenvalue weighted by molar-refractivity contribution is 5.54. The molecule has 0 unspecified atom stereocenters. The number of rotatable bonds is 7. The van der Waals surface area contributed by atoms with Gasteiger partial charge in [-0.15, -0.1) is 0 Å². The Labute approximate surface area is 122 Å². The Balaban J connectivity index is 2.08. The highest BCUT2D eigenvalue weighted by Crippen LogP contribution is 2.26. The van der Waals surface area contributed by atoms with Gasteiger partial charge in [-0.2, -0.15) is 13.2 Å². The van der Waals surface area contributed by atoms with Gasteiger partial charge >= 0.3 is 6.18 Å². The molecule has 2 rings (SSSR count). The molecule has 3 nitrogen and oxygen atoms in total. The maximum absolute atomic E-state index is 12.6. The zero-order valence-electron chi connectivity index (χ0n) is 12.1. The van der Waals surface area contributed by atoms with Crippen LogP contribution >= 0.6 is 0 Å². The van der Waals surface area contributed by atoms with Crippen LogP contribution in [0.5, 0.6) is 0 Å². The Morgan fingerprint density at radius 2 is 2.05 bits per heavy atom. The zero-order chi connectivity index (χ0) is 15.5. The third kappa shape index (κ3) is 5.21. The maximum atomic E-state index is 12.6. The SMILES string of the molecule is Cc1cc(CNC2CC2)ccc1N(CCO)CC(F)(F)F. The van der Waals surface area contributed by atoms with E-state index in [9.17, 15) is 13.2 Å². The molecule has 1 saturated carbocycles. The lowest BCUT2D eigenvalue weighted by Gasteiger charge is -2.27. The fraction of sp³-hybridized carbons (Fsp3) is 0.600. The summed E-state index contributed by atoms with van der Waals surface area (Å²) in [4.78, 5) is 1.17. The van der Waals surface area contributed by atoms with Gasteiger partial charge < -0.3 is 15.3 Å². The van der Waals surface area contributed by atoms with E-state index in [4.69, 9.17) is 5.11 Å². The van der Waals surface area contributed by atoms with E-state index < -0.39 is 12.7 Å². The lowest BCUT2D eigenvalue weighted by molar-refractivity contribution is -0.119. The van der Waals surface area contributed by atoms with Gasteiger partial charge in [-0.05, 0) is 37.0 Å². The summed E-state index contributed by atoms with van der Waals surface area (Å²) in [6.45, 7) is 1.16. The minimum Gasteiger partial charge on any atom is -0.395 e. The number of aliphatic hydroxyl groups excluding tert-OH is 1. The molecule has 0 spiro atoms. The first-order valence-electron chi connectivity index (χ1n) is 7.14. The first-order chi connectivity index (χ1) is 9.89. The van der Waals surface area contributed by atoms with Crippen LogP contribution in [-0.4, -0.2) is 37.0 Å². The number of nitrogens with one attached hydrogen (secondary N) is 1. The molecule has 0 aliphatic heterocycles. The van der Waals surface area contributed by atoms with E-state index in [1.165, 1.54) is 17.7 Å². The van der Waals surface area contributed by atoms with Crippen molar-refractivity contribution in [3.63, 3.8) is 0 Å². The van der Waals surface area contributed by atoms with Crippen LogP contribution in [0.2, 0.25) is 0 Å². The lowest BCUT2D eigenvalue weighted by atomic mass is 10.1. The van der Waals surface area contributed by atoms with Gasteiger partial charge in [0.1, 0.15) is 6.54 Å². The molecule has 0 aromatic heterocycles. The molecule has 1 aliphatic carbocycles. The van der Waals surface area contributed by atoms with Crippen LogP contribution in [0.4, 0.5) is 18.9 Å². The predicted molar refractivity (Wildman–Crippen MR) is 76.4 cm³/mol. The Morgan fingerprint density at radius 1 is 1.33 bits per heavy atom. The van der Waals surface area contributed by atoms with Crippen LogP contribution in [0, 0.1) is 6.92 Å². The minimum absolute atomic E-state index is 0.0278. The monoisotopic (exact) mass is 302 g/mol. The number of hydrogen-bond donors (Lipinski definition) is 2. The smallest absolute Gasteiger partial charge is 0.395 e. The van der Waals surface area contributed by atoms with E-state index in [1.54, 1.807) is 13.0 Å². The molecule has 1 aliphatic rings. The van der Waals surface area contributed by atoms with Gasteiger partial charge in [-0.3, -0.25) is 0 Å². The van der Waals surface area contributed by atoms with E-state index in [0.717, 1.165) is 17.7 Å². The number of alkyl halides is 3. The van der Waals surface area contributed by atoms with Crippen LogP contribution in [0.3, 0.4) is 0 Å². The van der Waals surface area contributed by atoms with Crippen molar-refractivity contribution in [2.24, 2.45) is 0 Å². The average molecular weight is 302 g/mol. The molecule has 0 radical (unpaired) electrons. The van der Waals surface area contributed by atoms with Gasteiger partial charge in [0.2, 0.25) is 0 Å². The summed E-state index contributed by atoms with van der Waals surface area (Å²) in [7, 11) is 0. The summed E-state index contributed by atoms with van der Waals surface area (Å²) in [6, 6.07) is 6.06. The van der Waals surface area contributed by atoms with E-state index in [2.05, 4.69) is 5.32 Å². The maximum Gasteiger partial charge on any atom is 0.405 e. The number of halogens is 3. The van der Waals surface area contributed by atoms with Gasteiger partial charge in [-0.25, -0.2) is 0 Å². The van der Waals surface area contributed by atoms with E-state index in [-0.39, 0.29) is 13.2 Å². The number of hydrogen-bond acceptors (Lipinski definition) is 3. The van der Waals surface area contributed by atoms with Crippen LogP contribution in [0.25, 0.3) is 0 Å². The van der Waals surface area contributed by atoms with Crippen molar-refractivity contribution in [3.8, 4) is 0 Å². The molecule has 1 aromatic rings. The van der Waals surface area contributed by atoms with E-state index >= 15 is 0 Å². The second kappa shape index (κ2) is 6.66. The molecule has 0 saturated heterocycles. The van der Waals surface area contributed by atoms with Crippen LogP contribution in [0.15, 0.2) is 18.2 Å². The molecule has 21 heavy (non-hydrogen) atoms. The summed E-state index contributed by atoms with van der Waals surface area (Å²) in [5, 5.41) is 12.4. The van der Waals surface area contributed by atoms with E-state index in [0.29, 0.717) is 11.7 Å². The summed E-state index contributed by atoms with van der Waals surface area (Å²) >= 11 is 0. The molecular formula is C15H21F3N2O. The number of aryl methyl sites for hydroxylation is 1. The van der Waals surface area contributed by atoms with Gasteiger partial charge in [0.25, 0.3) is 0 Å². The molecule has 6 heteroatoms. The van der Waals surface area contributed by atoms with Crippen molar-refractivity contribution in [3.05, 3.63) is 29.3 Å². The van der Waals surface area contributed by atoms with Gasteiger partial charge in [-0.1, -0.05) is 12.1 Å². The summed E-state index contributed by atoms with van der Waals surface area (Å²) in [5.74, 6) is 0. The first-order valence-corrected chi connectivity index (χ1v) is 7.14. The Kier molecular flexibility index (Phi) is 5.11. The second-order valence-corrected chi connectivity index (χ2v) is 5.54. The van der Waals surface area contributed by atoms with Crippen molar-refractivity contribution < 1.29 is 18.3 Å². The van der Waals surface area contributed by atoms with Crippen LogP contribution < -0.4 is 10.2 Å². The van der Waals surface area contributed by atoms with Gasteiger partial charge in [0.05, 0.1) is 6.61 Å². The number of anilines is 1.